The van der Waals surface area contributed by atoms with Gasteiger partial charge in [0.15, 0.2) is 0 Å². The topological polar surface area (TPSA) is 47.4 Å². The van der Waals surface area contributed by atoms with Crippen LogP contribution < -0.4 is 10.5 Å². The Balaban J connectivity index is 1.61. The number of anilines is 1. The molecule has 0 amide bonds. The Bertz CT molecular complexity index is 1010. The molecule has 1 aliphatic heterocycles. The molecule has 144 valence electrons. The minimum Gasteiger partial charge on any atom is -0.367 e. The quantitative estimate of drug-likeness (QED) is 0.675. The van der Waals surface area contributed by atoms with E-state index < -0.39 is 5.60 Å². The summed E-state index contributed by atoms with van der Waals surface area (Å²) in [5.74, 6) is 0. The smallest absolute Gasteiger partial charge is 0.287 e. The molecule has 1 fully saturated rings. The van der Waals surface area contributed by atoms with E-state index in [0.29, 0.717) is 31.9 Å². The molecule has 0 spiro atoms. The summed E-state index contributed by atoms with van der Waals surface area (Å²) >= 11 is 6.48. The van der Waals surface area contributed by atoms with Crippen LogP contribution in [0.25, 0.3) is 0 Å². The van der Waals surface area contributed by atoms with Gasteiger partial charge in [0.2, 0.25) is 0 Å². The normalized spacial score (nSPS) is 19.6. The maximum atomic E-state index is 12.8. The van der Waals surface area contributed by atoms with Gasteiger partial charge in [-0.15, -0.1) is 0 Å². The summed E-state index contributed by atoms with van der Waals surface area (Å²) in [6, 6.07) is 19.8. The Morgan fingerprint density at radius 2 is 1.79 bits per heavy atom. The fraction of sp³-hybridized carbons (Fsp3) is 0.273. The summed E-state index contributed by atoms with van der Waals surface area (Å²) in [5.41, 5.74) is 2.00. The molecule has 0 radical (unpaired) electrons. The molecule has 0 aliphatic carbocycles. The number of nitrogens with zero attached hydrogens (tertiary/aromatic N) is 3. The summed E-state index contributed by atoms with van der Waals surface area (Å²) in [4.78, 5) is 14.9. The second-order valence-corrected chi connectivity index (χ2v) is 7.54. The summed E-state index contributed by atoms with van der Waals surface area (Å²) < 4.78 is 7.49. The third-order valence-corrected chi connectivity index (χ3v) is 5.50. The predicted octanol–water partition coefficient (Wildman–Crippen LogP) is 3.70. The molecule has 0 saturated carbocycles. The van der Waals surface area contributed by atoms with Crippen LogP contribution in [0.2, 0.25) is 5.02 Å². The van der Waals surface area contributed by atoms with Gasteiger partial charge in [0.25, 0.3) is 5.56 Å². The number of halogens is 1. The van der Waals surface area contributed by atoms with Crippen LogP contribution in [-0.2, 0) is 16.9 Å². The van der Waals surface area contributed by atoms with E-state index in [1.54, 1.807) is 6.20 Å². The first-order chi connectivity index (χ1) is 13.6. The van der Waals surface area contributed by atoms with Crippen LogP contribution in [-0.4, -0.2) is 29.5 Å². The third-order valence-electron chi connectivity index (χ3n) is 5.14. The Morgan fingerprint density at radius 1 is 1.11 bits per heavy atom. The monoisotopic (exact) mass is 395 g/mol. The van der Waals surface area contributed by atoms with E-state index in [1.807, 2.05) is 48.5 Å². The molecule has 0 N–H and O–H groups in total. The minimum atomic E-state index is -0.470. The van der Waals surface area contributed by atoms with Crippen molar-refractivity contribution in [2.75, 3.05) is 24.6 Å². The van der Waals surface area contributed by atoms with Gasteiger partial charge in [0, 0.05) is 6.54 Å². The van der Waals surface area contributed by atoms with E-state index in [2.05, 4.69) is 29.1 Å². The number of morpholine rings is 1. The van der Waals surface area contributed by atoms with Crippen molar-refractivity contribution >= 4 is 17.3 Å². The lowest BCUT2D eigenvalue weighted by atomic mass is 9.93. The maximum absolute atomic E-state index is 12.8. The first-order valence-electron chi connectivity index (χ1n) is 9.31. The Hall–Kier alpha value is -2.63. The SMILES string of the molecule is CC1(c2ccccc2)CN(c2cnn(Cc3ccccc3)c(=O)c2Cl)CCO1. The standard InChI is InChI=1S/C22H22ClN3O2/c1-22(18-10-6-3-7-11-18)16-25(12-13-28-22)19-14-24-26(21(27)20(19)23)15-17-8-4-2-5-9-17/h2-11,14H,12-13,15-16H2,1H3. The van der Waals surface area contributed by atoms with Crippen LogP contribution in [0, 0.1) is 0 Å². The van der Waals surface area contributed by atoms with Gasteiger partial charge in [-0.25, -0.2) is 4.68 Å². The highest BCUT2D eigenvalue weighted by Gasteiger charge is 2.35. The van der Waals surface area contributed by atoms with Gasteiger partial charge in [-0.2, -0.15) is 5.10 Å². The van der Waals surface area contributed by atoms with Crippen LogP contribution in [0.15, 0.2) is 71.7 Å². The lowest BCUT2D eigenvalue weighted by Crippen LogP contribution is -2.49. The van der Waals surface area contributed by atoms with E-state index in [0.717, 1.165) is 11.1 Å². The molecule has 1 aromatic heterocycles. The number of hydrogen-bond donors (Lipinski definition) is 0. The molecule has 1 unspecified atom stereocenters. The first-order valence-corrected chi connectivity index (χ1v) is 9.69. The second-order valence-electron chi connectivity index (χ2n) is 7.16. The summed E-state index contributed by atoms with van der Waals surface area (Å²) in [6.45, 7) is 4.26. The highest BCUT2D eigenvalue weighted by atomic mass is 35.5. The van der Waals surface area contributed by atoms with E-state index in [1.165, 1.54) is 4.68 Å². The Kier molecular flexibility index (Phi) is 5.20. The fourth-order valence-electron chi connectivity index (χ4n) is 3.59. The highest BCUT2D eigenvalue weighted by molar-refractivity contribution is 6.33. The van der Waals surface area contributed by atoms with Crippen molar-refractivity contribution in [3.8, 4) is 0 Å². The number of rotatable bonds is 4. The number of benzene rings is 2. The Morgan fingerprint density at radius 3 is 2.50 bits per heavy atom. The number of hydrogen-bond acceptors (Lipinski definition) is 4. The Labute approximate surface area is 169 Å². The average Bonchev–Trinajstić information content (AvgIpc) is 2.73. The minimum absolute atomic E-state index is 0.197. The zero-order valence-corrected chi connectivity index (χ0v) is 16.5. The predicted molar refractivity (Wildman–Crippen MR) is 111 cm³/mol. The van der Waals surface area contributed by atoms with Gasteiger partial charge in [-0.3, -0.25) is 4.79 Å². The van der Waals surface area contributed by atoms with Crippen molar-refractivity contribution < 1.29 is 4.74 Å². The van der Waals surface area contributed by atoms with Gasteiger partial charge in [0.05, 0.1) is 31.6 Å². The molecule has 2 aromatic carbocycles. The first kappa shape index (κ1) is 18.7. The number of ether oxygens (including phenoxy) is 1. The van der Waals surface area contributed by atoms with Crippen LogP contribution in [0.3, 0.4) is 0 Å². The average molecular weight is 396 g/mol. The van der Waals surface area contributed by atoms with Gasteiger partial charge in [-0.05, 0) is 18.1 Å². The molecule has 6 heteroatoms. The van der Waals surface area contributed by atoms with Gasteiger partial charge >= 0.3 is 0 Å². The van der Waals surface area contributed by atoms with Gasteiger partial charge in [-0.1, -0.05) is 72.3 Å². The molecule has 1 aliphatic rings. The lowest BCUT2D eigenvalue weighted by Gasteiger charge is -2.42. The third kappa shape index (κ3) is 3.68. The fourth-order valence-corrected chi connectivity index (χ4v) is 3.85. The van der Waals surface area contributed by atoms with Crippen LogP contribution in [0.4, 0.5) is 5.69 Å². The molecule has 1 saturated heterocycles. The molecular formula is C22H22ClN3O2. The molecule has 2 heterocycles. The van der Waals surface area contributed by atoms with E-state index >= 15 is 0 Å². The summed E-state index contributed by atoms with van der Waals surface area (Å²) in [5, 5.41) is 4.56. The van der Waals surface area contributed by atoms with E-state index in [9.17, 15) is 4.79 Å². The zero-order chi connectivity index (χ0) is 19.6. The van der Waals surface area contributed by atoms with E-state index in [-0.39, 0.29) is 10.6 Å². The highest BCUT2D eigenvalue weighted by Crippen LogP contribution is 2.33. The molecule has 28 heavy (non-hydrogen) atoms. The zero-order valence-electron chi connectivity index (χ0n) is 15.7. The van der Waals surface area contributed by atoms with Crippen molar-refractivity contribution in [3.63, 3.8) is 0 Å². The molecule has 5 nitrogen and oxygen atoms in total. The molecule has 4 rings (SSSR count). The lowest BCUT2D eigenvalue weighted by molar-refractivity contribution is -0.0466. The summed E-state index contributed by atoms with van der Waals surface area (Å²) in [7, 11) is 0. The van der Waals surface area contributed by atoms with Crippen molar-refractivity contribution in [2.24, 2.45) is 0 Å². The van der Waals surface area contributed by atoms with Crippen molar-refractivity contribution in [1.29, 1.82) is 0 Å². The van der Waals surface area contributed by atoms with Crippen molar-refractivity contribution in [2.45, 2.75) is 19.1 Å². The van der Waals surface area contributed by atoms with Crippen LogP contribution in [0.1, 0.15) is 18.1 Å². The molecule has 0 bridgehead atoms. The summed E-state index contributed by atoms with van der Waals surface area (Å²) in [6.07, 6.45) is 1.68. The van der Waals surface area contributed by atoms with Gasteiger partial charge < -0.3 is 9.64 Å². The second kappa shape index (κ2) is 7.78. The van der Waals surface area contributed by atoms with E-state index in [4.69, 9.17) is 16.3 Å². The van der Waals surface area contributed by atoms with Crippen molar-refractivity contribution in [1.82, 2.24) is 9.78 Å². The largest absolute Gasteiger partial charge is 0.367 e. The maximum Gasteiger partial charge on any atom is 0.287 e. The van der Waals surface area contributed by atoms with Crippen molar-refractivity contribution in [3.05, 3.63) is 93.4 Å². The van der Waals surface area contributed by atoms with Crippen LogP contribution >= 0.6 is 11.6 Å². The molecular weight excluding hydrogens is 374 g/mol. The molecule has 3 aromatic rings. The molecule has 1 atom stereocenters. The van der Waals surface area contributed by atoms with Gasteiger partial charge in [0.1, 0.15) is 10.6 Å². The van der Waals surface area contributed by atoms with Crippen LogP contribution in [0.5, 0.6) is 0 Å². The number of aromatic nitrogens is 2.